The third-order valence-electron chi connectivity index (χ3n) is 2.39. The number of hydrogen-bond donors (Lipinski definition) is 0. The van der Waals surface area contributed by atoms with Gasteiger partial charge in [-0.25, -0.2) is 9.97 Å². The summed E-state index contributed by atoms with van der Waals surface area (Å²) in [5.41, 5.74) is 1.51. The van der Waals surface area contributed by atoms with Gasteiger partial charge in [0.05, 0.1) is 11.3 Å². The lowest BCUT2D eigenvalue weighted by atomic mass is 10.3. The van der Waals surface area contributed by atoms with Gasteiger partial charge in [0.2, 0.25) is 0 Å². The van der Waals surface area contributed by atoms with Crippen LogP contribution in [0.1, 0.15) is 28.8 Å². The minimum Gasteiger partial charge on any atom is -0.298 e. The van der Waals surface area contributed by atoms with E-state index in [0.717, 1.165) is 24.2 Å². The van der Waals surface area contributed by atoms with Gasteiger partial charge in [0.1, 0.15) is 11.6 Å². The molecular weight excluding hydrogens is 202 g/mol. The minimum absolute atomic E-state index is 0.578. The van der Waals surface area contributed by atoms with Crippen LogP contribution in [0.25, 0.3) is 5.82 Å². The topological polar surface area (TPSA) is 47.8 Å². The molecule has 0 unspecified atom stereocenters. The van der Waals surface area contributed by atoms with Crippen molar-refractivity contribution in [2.24, 2.45) is 0 Å². The summed E-state index contributed by atoms with van der Waals surface area (Å²) in [5.74, 6) is 1.56. The van der Waals surface area contributed by atoms with Gasteiger partial charge in [0.25, 0.3) is 0 Å². The number of hydrogen-bond acceptors (Lipinski definition) is 3. The van der Waals surface area contributed by atoms with Gasteiger partial charge in [-0.2, -0.15) is 0 Å². The standard InChI is InChI=1S/C12H13N3O/c1-3-11-14-9(2)7-15(11)12-10(8-16)5-4-6-13-12/h4-8H,3H2,1-2H3. The Morgan fingerprint density at radius 2 is 2.31 bits per heavy atom. The highest BCUT2D eigenvalue weighted by Crippen LogP contribution is 2.14. The molecule has 0 aliphatic heterocycles. The molecule has 0 radical (unpaired) electrons. The van der Waals surface area contributed by atoms with Crippen LogP contribution in [0.4, 0.5) is 0 Å². The summed E-state index contributed by atoms with van der Waals surface area (Å²) in [6.07, 6.45) is 5.20. The van der Waals surface area contributed by atoms with Gasteiger partial charge in [-0.15, -0.1) is 0 Å². The largest absolute Gasteiger partial charge is 0.298 e. The van der Waals surface area contributed by atoms with Crippen LogP contribution in [0.5, 0.6) is 0 Å². The molecule has 0 aliphatic rings. The first-order valence-electron chi connectivity index (χ1n) is 5.21. The average Bonchev–Trinajstić information content (AvgIpc) is 2.70. The first-order valence-corrected chi connectivity index (χ1v) is 5.21. The molecule has 0 bridgehead atoms. The number of aromatic nitrogens is 3. The van der Waals surface area contributed by atoms with Gasteiger partial charge in [0, 0.05) is 18.8 Å². The molecule has 0 saturated carbocycles. The van der Waals surface area contributed by atoms with E-state index < -0.39 is 0 Å². The van der Waals surface area contributed by atoms with Crippen LogP contribution in [-0.4, -0.2) is 20.8 Å². The second-order valence-electron chi connectivity index (χ2n) is 3.56. The Balaban J connectivity index is 2.61. The quantitative estimate of drug-likeness (QED) is 0.735. The maximum Gasteiger partial charge on any atom is 0.153 e. The molecule has 0 fully saturated rings. The van der Waals surface area contributed by atoms with Crippen molar-refractivity contribution in [1.82, 2.24) is 14.5 Å². The van der Waals surface area contributed by atoms with Crippen molar-refractivity contribution in [3.8, 4) is 5.82 Å². The number of pyridine rings is 1. The van der Waals surface area contributed by atoms with E-state index in [9.17, 15) is 4.79 Å². The summed E-state index contributed by atoms with van der Waals surface area (Å²) in [4.78, 5) is 19.6. The van der Waals surface area contributed by atoms with E-state index in [1.807, 2.05) is 24.6 Å². The van der Waals surface area contributed by atoms with Crippen molar-refractivity contribution >= 4 is 6.29 Å². The molecule has 0 spiro atoms. The smallest absolute Gasteiger partial charge is 0.153 e. The molecule has 0 amide bonds. The van der Waals surface area contributed by atoms with Gasteiger partial charge < -0.3 is 0 Å². The average molecular weight is 215 g/mol. The lowest BCUT2D eigenvalue weighted by molar-refractivity contribution is 0.112. The van der Waals surface area contributed by atoms with E-state index in [4.69, 9.17) is 0 Å². The number of rotatable bonds is 3. The van der Waals surface area contributed by atoms with Gasteiger partial charge in [0.15, 0.2) is 6.29 Å². The normalized spacial score (nSPS) is 10.4. The van der Waals surface area contributed by atoms with Crippen molar-refractivity contribution in [2.45, 2.75) is 20.3 Å². The number of aryl methyl sites for hydroxylation is 2. The number of carbonyl (C=O) groups excluding carboxylic acids is 1. The minimum atomic E-state index is 0.578. The maximum absolute atomic E-state index is 10.9. The molecule has 4 nitrogen and oxygen atoms in total. The molecule has 2 aromatic heterocycles. The molecule has 0 aliphatic carbocycles. The van der Waals surface area contributed by atoms with E-state index in [-0.39, 0.29) is 0 Å². The van der Waals surface area contributed by atoms with Gasteiger partial charge in [-0.3, -0.25) is 9.36 Å². The van der Waals surface area contributed by atoms with E-state index in [1.165, 1.54) is 0 Å². The molecule has 0 aromatic carbocycles. The predicted molar refractivity (Wildman–Crippen MR) is 60.9 cm³/mol. The monoisotopic (exact) mass is 215 g/mol. The van der Waals surface area contributed by atoms with Gasteiger partial charge in [-0.05, 0) is 19.1 Å². The third-order valence-corrected chi connectivity index (χ3v) is 2.39. The SMILES string of the molecule is CCc1nc(C)cn1-c1ncccc1C=O. The first-order chi connectivity index (χ1) is 7.76. The van der Waals surface area contributed by atoms with Crippen LogP contribution in [0.3, 0.4) is 0 Å². The molecule has 82 valence electrons. The number of imidazole rings is 1. The molecule has 2 aromatic rings. The lowest BCUT2D eigenvalue weighted by Crippen LogP contribution is -2.04. The Bertz CT molecular complexity index is 517. The van der Waals surface area contributed by atoms with Gasteiger partial charge >= 0.3 is 0 Å². The summed E-state index contributed by atoms with van der Waals surface area (Å²) in [7, 11) is 0. The third kappa shape index (κ3) is 1.74. The fourth-order valence-corrected chi connectivity index (χ4v) is 1.68. The molecule has 0 N–H and O–H groups in total. The van der Waals surface area contributed by atoms with E-state index in [0.29, 0.717) is 11.4 Å². The zero-order valence-electron chi connectivity index (χ0n) is 9.34. The fourth-order valence-electron chi connectivity index (χ4n) is 1.68. The molecule has 2 heterocycles. The summed E-state index contributed by atoms with van der Waals surface area (Å²) in [6, 6.07) is 3.51. The van der Waals surface area contributed by atoms with E-state index >= 15 is 0 Å². The Hall–Kier alpha value is -1.97. The Morgan fingerprint density at radius 1 is 1.50 bits per heavy atom. The molecular formula is C12H13N3O. The summed E-state index contributed by atoms with van der Waals surface area (Å²) in [5, 5.41) is 0. The Morgan fingerprint density at radius 3 is 3.00 bits per heavy atom. The highest BCUT2D eigenvalue weighted by Gasteiger charge is 2.10. The van der Waals surface area contributed by atoms with Crippen molar-refractivity contribution in [1.29, 1.82) is 0 Å². The number of aldehydes is 1. The lowest BCUT2D eigenvalue weighted by Gasteiger charge is -2.06. The Kier molecular flexibility index (Phi) is 2.81. The summed E-state index contributed by atoms with van der Waals surface area (Å²) < 4.78 is 1.87. The zero-order chi connectivity index (χ0) is 11.5. The molecule has 16 heavy (non-hydrogen) atoms. The van der Waals surface area contributed by atoms with Crippen LogP contribution in [0, 0.1) is 6.92 Å². The van der Waals surface area contributed by atoms with Crippen molar-refractivity contribution < 1.29 is 4.79 Å². The maximum atomic E-state index is 10.9. The van der Waals surface area contributed by atoms with Gasteiger partial charge in [-0.1, -0.05) is 6.92 Å². The second kappa shape index (κ2) is 4.26. The molecule has 0 saturated heterocycles. The second-order valence-corrected chi connectivity index (χ2v) is 3.56. The highest BCUT2D eigenvalue weighted by atomic mass is 16.1. The highest BCUT2D eigenvalue weighted by molar-refractivity contribution is 5.79. The summed E-state index contributed by atoms with van der Waals surface area (Å²) >= 11 is 0. The summed E-state index contributed by atoms with van der Waals surface area (Å²) in [6.45, 7) is 3.96. The fraction of sp³-hybridized carbons (Fsp3) is 0.250. The van der Waals surface area contributed by atoms with Crippen LogP contribution < -0.4 is 0 Å². The number of nitrogens with zero attached hydrogens (tertiary/aromatic N) is 3. The van der Waals surface area contributed by atoms with Crippen LogP contribution in [0.15, 0.2) is 24.5 Å². The molecule has 0 atom stereocenters. The van der Waals surface area contributed by atoms with Crippen molar-refractivity contribution in [3.63, 3.8) is 0 Å². The Labute approximate surface area is 94.0 Å². The van der Waals surface area contributed by atoms with Crippen LogP contribution in [0.2, 0.25) is 0 Å². The van der Waals surface area contributed by atoms with Crippen LogP contribution >= 0.6 is 0 Å². The molecule has 2 rings (SSSR count). The zero-order valence-corrected chi connectivity index (χ0v) is 9.34. The van der Waals surface area contributed by atoms with Crippen LogP contribution in [-0.2, 0) is 6.42 Å². The van der Waals surface area contributed by atoms with Crippen molar-refractivity contribution in [3.05, 3.63) is 41.6 Å². The molecule has 4 heteroatoms. The predicted octanol–water partition coefficient (Wildman–Crippen LogP) is 1.95. The van der Waals surface area contributed by atoms with Crippen molar-refractivity contribution in [2.75, 3.05) is 0 Å². The van der Waals surface area contributed by atoms with E-state index in [1.54, 1.807) is 18.3 Å². The number of carbonyl (C=O) groups is 1. The first kappa shape index (κ1) is 10.5. The van der Waals surface area contributed by atoms with E-state index in [2.05, 4.69) is 9.97 Å².